The van der Waals surface area contributed by atoms with E-state index in [1.807, 2.05) is 12.1 Å². The highest BCUT2D eigenvalue weighted by atomic mass is 19.4. The minimum Gasteiger partial charge on any atom is -0.406 e. The second-order valence-electron chi connectivity index (χ2n) is 8.37. The zero-order valence-corrected chi connectivity index (χ0v) is 17.4. The van der Waals surface area contributed by atoms with Crippen LogP contribution >= 0.6 is 0 Å². The summed E-state index contributed by atoms with van der Waals surface area (Å²) in [5.41, 5.74) is 3.08. The zero-order chi connectivity index (χ0) is 22.8. The van der Waals surface area contributed by atoms with E-state index in [-0.39, 0.29) is 11.4 Å². The van der Waals surface area contributed by atoms with Gasteiger partial charge < -0.3 is 19.8 Å². The number of aliphatic hydroxyl groups is 2. The van der Waals surface area contributed by atoms with Gasteiger partial charge in [0.2, 0.25) is 0 Å². The summed E-state index contributed by atoms with van der Waals surface area (Å²) in [5.74, 6) is -0.218. The Hall–Kier alpha value is -2.62. The first-order chi connectivity index (χ1) is 15.2. The molecule has 2 heterocycles. The van der Waals surface area contributed by atoms with Crippen molar-refractivity contribution in [2.24, 2.45) is 5.16 Å². The van der Waals surface area contributed by atoms with E-state index in [9.17, 15) is 23.4 Å². The topological polar surface area (TPSA) is 74.5 Å². The average Bonchev–Trinajstić information content (AvgIpc) is 3.13. The van der Waals surface area contributed by atoms with E-state index in [2.05, 4.69) is 14.8 Å². The second kappa shape index (κ2) is 9.09. The minimum absolute atomic E-state index is 0.218. The molecule has 2 aliphatic heterocycles. The van der Waals surface area contributed by atoms with Gasteiger partial charge in [-0.05, 0) is 23.3 Å². The predicted molar refractivity (Wildman–Crippen MR) is 111 cm³/mol. The van der Waals surface area contributed by atoms with Gasteiger partial charge in [0.05, 0.1) is 5.71 Å². The Morgan fingerprint density at radius 3 is 2.22 bits per heavy atom. The van der Waals surface area contributed by atoms with E-state index in [1.165, 1.54) is 12.1 Å². The monoisotopic (exact) mass is 450 g/mol. The van der Waals surface area contributed by atoms with Crippen LogP contribution in [0.2, 0.25) is 0 Å². The molecule has 0 saturated carbocycles. The Balaban J connectivity index is 1.25. The molecule has 0 radical (unpaired) electrons. The van der Waals surface area contributed by atoms with Crippen LogP contribution in [0.4, 0.5) is 13.2 Å². The van der Waals surface area contributed by atoms with Crippen molar-refractivity contribution in [2.45, 2.75) is 50.5 Å². The van der Waals surface area contributed by atoms with Crippen molar-refractivity contribution in [3.8, 4) is 5.75 Å². The molecule has 1 spiro atoms. The quantitative estimate of drug-likeness (QED) is 0.653. The molecule has 2 aromatic carbocycles. The van der Waals surface area contributed by atoms with Gasteiger partial charge in [-0.25, -0.2) is 0 Å². The van der Waals surface area contributed by atoms with Crippen LogP contribution in [0, 0.1) is 0 Å². The fourth-order valence-corrected chi connectivity index (χ4v) is 4.18. The number of rotatable bonds is 6. The third-order valence-electron chi connectivity index (χ3n) is 5.91. The highest BCUT2D eigenvalue weighted by Gasteiger charge is 2.41. The van der Waals surface area contributed by atoms with E-state index in [0.717, 1.165) is 49.2 Å². The number of likely N-dealkylation sites (tertiary alicyclic amines) is 1. The highest BCUT2D eigenvalue weighted by molar-refractivity contribution is 5.88. The molecule has 1 saturated heterocycles. The zero-order valence-electron chi connectivity index (χ0n) is 17.4. The van der Waals surface area contributed by atoms with Crippen molar-refractivity contribution in [2.75, 3.05) is 13.1 Å². The van der Waals surface area contributed by atoms with Crippen LogP contribution in [-0.2, 0) is 17.8 Å². The van der Waals surface area contributed by atoms with Crippen LogP contribution in [0.25, 0.3) is 0 Å². The molecular formula is C23H25F3N2O4. The van der Waals surface area contributed by atoms with E-state index >= 15 is 0 Å². The molecule has 0 unspecified atom stereocenters. The summed E-state index contributed by atoms with van der Waals surface area (Å²) >= 11 is 0. The summed E-state index contributed by atoms with van der Waals surface area (Å²) in [6.07, 6.45) is -3.10. The normalized spacial score (nSPS) is 18.6. The summed E-state index contributed by atoms with van der Waals surface area (Å²) < 4.78 is 40.8. The fourth-order valence-electron chi connectivity index (χ4n) is 4.18. The summed E-state index contributed by atoms with van der Waals surface area (Å²) in [6, 6.07) is 13.1. The Bertz CT molecular complexity index is 935. The first-order valence-electron chi connectivity index (χ1n) is 10.5. The van der Waals surface area contributed by atoms with Crippen LogP contribution in [0.3, 0.4) is 0 Å². The van der Waals surface area contributed by atoms with Crippen LogP contribution in [0.15, 0.2) is 53.7 Å². The number of piperidine rings is 1. The first-order valence-corrected chi connectivity index (χ1v) is 10.5. The number of halogens is 3. The van der Waals surface area contributed by atoms with Crippen molar-refractivity contribution >= 4 is 5.71 Å². The number of alkyl halides is 3. The van der Waals surface area contributed by atoms with Crippen molar-refractivity contribution in [3.63, 3.8) is 0 Å². The number of aliphatic hydroxyl groups excluding tert-OH is 1. The molecule has 1 fully saturated rings. The van der Waals surface area contributed by atoms with Crippen LogP contribution in [0.1, 0.15) is 42.2 Å². The third kappa shape index (κ3) is 5.79. The number of nitrogens with zero attached hydrogens (tertiary/aromatic N) is 2. The van der Waals surface area contributed by atoms with Gasteiger partial charge in [0, 0.05) is 50.9 Å². The van der Waals surface area contributed by atoms with Crippen LogP contribution < -0.4 is 4.74 Å². The lowest BCUT2D eigenvalue weighted by Crippen LogP contribution is -2.44. The van der Waals surface area contributed by atoms with Gasteiger partial charge in [-0.1, -0.05) is 41.6 Å². The van der Waals surface area contributed by atoms with Gasteiger partial charge in [0.15, 0.2) is 6.29 Å². The molecule has 0 aromatic heterocycles. The standard InChI is InChI=1S/C23H25F3N2O4/c24-23(25,26)31-20-7-3-17(4-8-20)15-28-11-9-22(10-12-28)14-19(27-32-22)13-16-1-5-18(6-2-16)21(29)30/h1-8,21,29-30H,9-15H2. The second-order valence-corrected chi connectivity index (χ2v) is 8.37. The Morgan fingerprint density at radius 1 is 1.00 bits per heavy atom. The van der Waals surface area contributed by atoms with Crippen LogP contribution in [0.5, 0.6) is 5.75 Å². The largest absolute Gasteiger partial charge is 0.573 e. The molecular weight excluding hydrogens is 425 g/mol. The molecule has 32 heavy (non-hydrogen) atoms. The molecule has 172 valence electrons. The van der Waals surface area contributed by atoms with Crippen molar-refractivity contribution in [3.05, 3.63) is 65.2 Å². The SMILES string of the molecule is OC(O)c1ccc(CC2=NOC3(CCN(Cc4ccc(OC(F)(F)F)cc4)CC3)C2)cc1. The van der Waals surface area contributed by atoms with Crippen LogP contribution in [-0.4, -0.2) is 45.9 Å². The lowest BCUT2D eigenvalue weighted by Gasteiger charge is -2.37. The molecule has 2 aliphatic rings. The fraction of sp³-hybridized carbons (Fsp3) is 0.435. The molecule has 2 aromatic rings. The number of hydrogen-bond acceptors (Lipinski definition) is 6. The van der Waals surface area contributed by atoms with Gasteiger partial charge in [-0.2, -0.15) is 0 Å². The molecule has 4 rings (SSSR count). The van der Waals surface area contributed by atoms with Gasteiger partial charge in [0.25, 0.3) is 0 Å². The van der Waals surface area contributed by atoms with E-state index in [4.69, 9.17) is 4.84 Å². The van der Waals surface area contributed by atoms with Crippen molar-refractivity contribution in [1.29, 1.82) is 0 Å². The lowest BCUT2D eigenvalue weighted by molar-refractivity contribution is -0.274. The molecule has 0 bridgehead atoms. The van der Waals surface area contributed by atoms with Gasteiger partial charge in [-0.3, -0.25) is 4.90 Å². The van der Waals surface area contributed by atoms with E-state index in [0.29, 0.717) is 18.5 Å². The molecule has 0 aliphatic carbocycles. The van der Waals surface area contributed by atoms with Crippen molar-refractivity contribution in [1.82, 2.24) is 4.90 Å². The Morgan fingerprint density at radius 2 is 1.62 bits per heavy atom. The predicted octanol–water partition coefficient (Wildman–Crippen LogP) is 3.92. The summed E-state index contributed by atoms with van der Waals surface area (Å²) in [4.78, 5) is 8.10. The summed E-state index contributed by atoms with van der Waals surface area (Å²) in [7, 11) is 0. The van der Waals surface area contributed by atoms with E-state index in [1.54, 1.807) is 24.3 Å². The highest BCUT2D eigenvalue weighted by Crippen LogP contribution is 2.36. The smallest absolute Gasteiger partial charge is 0.406 e. The van der Waals surface area contributed by atoms with Crippen molar-refractivity contribution < 1.29 is 33.0 Å². The molecule has 6 nitrogen and oxygen atoms in total. The number of ether oxygens (including phenoxy) is 1. The molecule has 9 heteroatoms. The Labute approximate surface area is 183 Å². The molecule has 0 atom stereocenters. The minimum atomic E-state index is -4.68. The maximum atomic E-state index is 12.3. The third-order valence-corrected chi connectivity index (χ3v) is 5.91. The summed E-state index contributed by atoms with van der Waals surface area (Å²) in [6.45, 7) is 2.28. The van der Waals surface area contributed by atoms with Gasteiger partial charge in [-0.15, -0.1) is 13.2 Å². The average molecular weight is 450 g/mol. The van der Waals surface area contributed by atoms with Gasteiger partial charge in [0.1, 0.15) is 11.4 Å². The van der Waals surface area contributed by atoms with Gasteiger partial charge >= 0.3 is 6.36 Å². The van der Waals surface area contributed by atoms with E-state index < -0.39 is 12.7 Å². The first kappa shape index (κ1) is 22.6. The maximum absolute atomic E-state index is 12.3. The Kier molecular flexibility index (Phi) is 6.41. The lowest BCUT2D eigenvalue weighted by atomic mass is 9.85. The summed E-state index contributed by atoms with van der Waals surface area (Å²) in [5, 5.41) is 22.7. The molecule has 2 N–H and O–H groups in total. The number of oxime groups is 1. The number of hydrogen-bond donors (Lipinski definition) is 2. The molecule has 0 amide bonds. The number of benzene rings is 2. The maximum Gasteiger partial charge on any atom is 0.573 e.